The second kappa shape index (κ2) is 6.17. The molecule has 1 aliphatic carbocycles. The molecule has 17 heavy (non-hydrogen) atoms. The fourth-order valence-electron chi connectivity index (χ4n) is 3.32. The lowest BCUT2D eigenvalue weighted by Crippen LogP contribution is -2.47. The molecule has 1 saturated carbocycles. The summed E-state index contributed by atoms with van der Waals surface area (Å²) in [4.78, 5) is 2.69. The second-order valence-corrected chi connectivity index (χ2v) is 5.93. The number of hydrogen-bond donors (Lipinski definition) is 1. The van der Waals surface area contributed by atoms with Gasteiger partial charge in [0.25, 0.3) is 0 Å². The van der Waals surface area contributed by atoms with Crippen LogP contribution in [0, 0.1) is 5.92 Å². The van der Waals surface area contributed by atoms with Crippen molar-refractivity contribution in [2.45, 2.75) is 57.7 Å². The Labute approximate surface area is 106 Å². The Bertz CT molecular complexity index is 232. The SMILES string of the molecule is COC1CCCC1N1CCCNC(C(C)C)C1. The van der Waals surface area contributed by atoms with Gasteiger partial charge in [-0.2, -0.15) is 0 Å². The summed E-state index contributed by atoms with van der Waals surface area (Å²) in [6, 6.07) is 1.32. The highest BCUT2D eigenvalue weighted by Gasteiger charge is 2.34. The van der Waals surface area contributed by atoms with Crippen LogP contribution in [-0.2, 0) is 4.74 Å². The van der Waals surface area contributed by atoms with Gasteiger partial charge < -0.3 is 10.1 Å². The van der Waals surface area contributed by atoms with Crippen LogP contribution in [-0.4, -0.2) is 49.8 Å². The van der Waals surface area contributed by atoms with Gasteiger partial charge in [0.15, 0.2) is 0 Å². The molecule has 2 aliphatic rings. The van der Waals surface area contributed by atoms with Crippen molar-refractivity contribution in [1.82, 2.24) is 10.2 Å². The van der Waals surface area contributed by atoms with Gasteiger partial charge in [0.2, 0.25) is 0 Å². The Morgan fingerprint density at radius 2 is 2.06 bits per heavy atom. The Balaban J connectivity index is 1.98. The fourth-order valence-corrected chi connectivity index (χ4v) is 3.32. The van der Waals surface area contributed by atoms with Crippen LogP contribution >= 0.6 is 0 Å². The maximum absolute atomic E-state index is 5.65. The van der Waals surface area contributed by atoms with Crippen molar-refractivity contribution >= 4 is 0 Å². The van der Waals surface area contributed by atoms with Crippen molar-refractivity contribution in [3.05, 3.63) is 0 Å². The van der Waals surface area contributed by atoms with E-state index in [0.29, 0.717) is 18.2 Å². The summed E-state index contributed by atoms with van der Waals surface area (Å²) in [5.74, 6) is 0.720. The number of rotatable bonds is 3. The number of ether oxygens (including phenoxy) is 1. The molecule has 0 aromatic heterocycles. The molecule has 0 spiro atoms. The normalized spacial score (nSPS) is 36.4. The number of nitrogens with zero attached hydrogens (tertiary/aromatic N) is 1. The van der Waals surface area contributed by atoms with Crippen LogP contribution < -0.4 is 5.32 Å². The molecular formula is C14H28N2O. The van der Waals surface area contributed by atoms with Crippen molar-refractivity contribution in [2.75, 3.05) is 26.7 Å². The smallest absolute Gasteiger partial charge is 0.0726 e. The summed E-state index contributed by atoms with van der Waals surface area (Å²) < 4.78 is 5.65. The van der Waals surface area contributed by atoms with E-state index in [1.807, 2.05) is 7.11 Å². The average molecular weight is 240 g/mol. The van der Waals surface area contributed by atoms with Crippen LogP contribution in [0.15, 0.2) is 0 Å². The minimum atomic E-state index is 0.473. The molecule has 0 bridgehead atoms. The molecule has 3 atom stereocenters. The molecule has 0 aromatic carbocycles. The van der Waals surface area contributed by atoms with Crippen molar-refractivity contribution < 1.29 is 4.74 Å². The maximum atomic E-state index is 5.65. The van der Waals surface area contributed by atoms with Crippen LogP contribution in [0.1, 0.15) is 39.5 Å². The minimum absolute atomic E-state index is 0.473. The summed E-state index contributed by atoms with van der Waals surface area (Å²) in [6.07, 6.45) is 5.65. The molecule has 100 valence electrons. The first-order valence-electron chi connectivity index (χ1n) is 7.22. The van der Waals surface area contributed by atoms with E-state index in [1.54, 1.807) is 0 Å². The van der Waals surface area contributed by atoms with Crippen LogP contribution in [0.2, 0.25) is 0 Å². The first-order chi connectivity index (χ1) is 8.22. The Kier molecular flexibility index (Phi) is 4.83. The molecule has 3 heteroatoms. The average Bonchev–Trinajstić information content (AvgIpc) is 2.65. The number of nitrogens with one attached hydrogen (secondary N) is 1. The zero-order valence-corrected chi connectivity index (χ0v) is 11.6. The summed E-state index contributed by atoms with van der Waals surface area (Å²) in [5, 5.41) is 3.68. The van der Waals surface area contributed by atoms with E-state index in [0.717, 1.165) is 5.92 Å². The summed E-state index contributed by atoms with van der Waals surface area (Å²) in [5.41, 5.74) is 0. The van der Waals surface area contributed by atoms with Gasteiger partial charge in [-0.05, 0) is 44.7 Å². The molecule has 0 aromatic rings. The largest absolute Gasteiger partial charge is 0.380 e. The molecule has 3 nitrogen and oxygen atoms in total. The van der Waals surface area contributed by atoms with Gasteiger partial charge in [-0.25, -0.2) is 0 Å². The van der Waals surface area contributed by atoms with Gasteiger partial charge in [-0.15, -0.1) is 0 Å². The van der Waals surface area contributed by atoms with Crippen molar-refractivity contribution in [2.24, 2.45) is 5.92 Å². The Morgan fingerprint density at radius 1 is 1.24 bits per heavy atom. The predicted molar refractivity (Wildman–Crippen MR) is 71.3 cm³/mol. The van der Waals surface area contributed by atoms with E-state index in [2.05, 4.69) is 24.1 Å². The third-order valence-electron chi connectivity index (χ3n) is 4.45. The summed E-state index contributed by atoms with van der Waals surface area (Å²) in [6.45, 7) is 8.25. The number of hydrogen-bond acceptors (Lipinski definition) is 3. The molecule has 1 N–H and O–H groups in total. The minimum Gasteiger partial charge on any atom is -0.380 e. The fraction of sp³-hybridized carbons (Fsp3) is 1.00. The summed E-state index contributed by atoms with van der Waals surface area (Å²) >= 11 is 0. The first kappa shape index (κ1) is 13.3. The molecule has 3 unspecified atom stereocenters. The molecule has 0 radical (unpaired) electrons. The van der Waals surface area contributed by atoms with E-state index < -0.39 is 0 Å². The van der Waals surface area contributed by atoms with E-state index in [1.165, 1.54) is 45.3 Å². The Hall–Kier alpha value is -0.120. The highest BCUT2D eigenvalue weighted by atomic mass is 16.5. The Morgan fingerprint density at radius 3 is 2.76 bits per heavy atom. The van der Waals surface area contributed by atoms with Gasteiger partial charge in [0, 0.05) is 25.7 Å². The molecule has 1 aliphatic heterocycles. The van der Waals surface area contributed by atoms with Crippen LogP contribution in [0.4, 0.5) is 0 Å². The zero-order chi connectivity index (χ0) is 12.3. The molecule has 1 heterocycles. The van der Waals surface area contributed by atoms with Gasteiger partial charge >= 0.3 is 0 Å². The highest BCUT2D eigenvalue weighted by molar-refractivity contribution is 4.90. The predicted octanol–water partition coefficient (Wildman–Crippen LogP) is 1.87. The van der Waals surface area contributed by atoms with E-state index in [-0.39, 0.29) is 0 Å². The van der Waals surface area contributed by atoms with E-state index >= 15 is 0 Å². The highest BCUT2D eigenvalue weighted by Crippen LogP contribution is 2.27. The van der Waals surface area contributed by atoms with E-state index in [9.17, 15) is 0 Å². The second-order valence-electron chi connectivity index (χ2n) is 5.93. The standard InChI is InChI=1S/C14H28N2O/c1-11(2)12-10-16(9-5-8-15-12)13-6-4-7-14(13)17-3/h11-15H,4-10H2,1-3H3. The van der Waals surface area contributed by atoms with Crippen LogP contribution in [0.3, 0.4) is 0 Å². The number of methoxy groups -OCH3 is 1. The monoisotopic (exact) mass is 240 g/mol. The lowest BCUT2D eigenvalue weighted by atomic mass is 10.0. The van der Waals surface area contributed by atoms with E-state index in [4.69, 9.17) is 4.74 Å². The van der Waals surface area contributed by atoms with Gasteiger partial charge in [-0.3, -0.25) is 4.90 Å². The lowest BCUT2D eigenvalue weighted by molar-refractivity contribution is 0.0305. The molecule has 1 saturated heterocycles. The quantitative estimate of drug-likeness (QED) is 0.815. The van der Waals surface area contributed by atoms with Crippen LogP contribution in [0.25, 0.3) is 0 Å². The van der Waals surface area contributed by atoms with Crippen LogP contribution in [0.5, 0.6) is 0 Å². The summed E-state index contributed by atoms with van der Waals surface area (Å²) in [7, 11) is 1.87. The van der Waals surface area contributed by atoms with Crippen molar-refractivity contribution in [3.63, 3.8) is 0 Å². The lowest BCUT2D eigenvalue weighted by Gasteiger charge is -2.34. The zero-order valence-electron chi connectivity index (χ0n) is 11.6. The maximum Gasteiger partial charge on any atom is 0.0726 e. The van der Waals surface area contributed by atoms with Gasteiger partial charge in [0.05, 0.1) is 6.10 Å². The van der Waals surface area contributed by atoms with Crippen molar-refractivity contribution in [3.8, 4) is 0 Å². The van der Waals surface area contributed by atoms with Gasteiger partial charge in [0.1, 0.15) is 0 Å². The topological polar surface area (TPSA) is 24.5 Å². The first-order valence-corrected chi connectivity index (χ1v) is 7.22. The third-order valence-corrected chi connectivity index (χ3v) is 4.45. The third kappa shape index (κ3) is 3.21. The van der Waals surface area contributed by atoms with Gasteiger partial charge in [-0.1, -0.05) is 13.8 Å². The van der Waals surface area contributed by atoms with Crippen molar-refractivity contribution in [1.29, 1.82) is 0 Å². The molecule has 2 fully saturated rings. The molecular weight excluding hydrogens is 212 g/mol. The molecule has 0 amide bonds. The molecule has 2 rings (SSSR count).